The topological polar surface area (TPSA) is 110 Å². The van der Waals surface area contributed by atoms with Gasteiger partial charge in [0.25, 0.3) is 5.91 Å². The molecule has 10 heteroatoms. The van der Waals surface area contributed by atoms with Gasteiger partial charge in [-0.3, -0.25) is 25.2 Å². The highest BCUT2D eigenvalue weighted by atomic mass is 32.1. The average Bonchev–Trinajstić information content (AvgIpc) is 3.17. The number of nitrogens with zero attached hydrogens (tertiary/aromatic N) is 2. The number of aryl methyl sites for hydroxylation is 1. The summed E-state index contributed by atoms with van der Waals surface area (Å²) in [6.45, 7) is 6.40. The van der Waals surface area contributed by atoms with Crippen LogP contribution in [0.1, 0.15) is 45.5 Å². The summed E-state index contributed by atoms with van der Waals surface area (Å²) >= 11 is 1.30. The SMILES string of the molecule is CC(=O)c1ccc(OCCCC(=O)NNC(=O)c2sc(N3CCOCC3)nc2C)cc1. The molecule has 1 aromatic carbocycles. The molecule has 166 valence electrons. The summed E-state index contributed by atoms with van der Waals surface area (Å²) in [5.74, 6) is -0.0596. The molecule has 2 aromatic rings. The molecule has 0 bridgehead atoms. The van der Waals surface area contributed by atoms with Crippen LogP contribution in [0.5, 0.6) is 5.75 Å². The molecule has 1 aliphatic heterocycles. The second-order valence-corrected chi connectivity index (χ2v) is 8.02. The fourth-order valence-corrected chi connectivity index (χ4v) is 3.95. The maximum Gasteiger partial charge on any atom is 0.281 e. The van der Waals surface area contributed by atoms with Crippen LogP contribution in [0.3, 0.4) is 0 Å². The number of benzene rings is 1. The van der Waals surface area contributed by atoms with Crippen molar-refractivity contribution in [1.82, 2.24) is 15.8 Å². The van der Waals surface area contributed by atoms with Gasteiger partial charge in [0.2, 0.25) is 5.91 Å². The zero-order valence-electron chi connectivity index (χ0n) is 17.6. The van der Waals surface area contributed by atoms with Gasteiger partial charge in [-0.15, -0.1) is 0 Å². The first-order valence-electron chi connectivity index (χ1n) is 10.1. The summed E-state index contributed by atoms with van der Waals surface area (Å²) in [4.78, 5) is 42.7. The van der Waals surface area contributed by atoms with E-state index in [0.717, 1.165) is 18.2 Å². The Morgan fingerprint density at radius 2 is 1.87 bits per heavy atom. The Labute approximate surface area is 184 Å². The highest BCUT2D eigenvalue weighted by Crippen LogP contribution is 2.26. The molecule has 0 radical (unpaired) electrons. The number of thiazole rings is 1. The summed E-state index contributed by atoms with van der Waals surface area (Å²) in [7, 11) is 0. The second kappa shape index (κ2) is 10.9. The molecule has 31 heavy (non-hydrogen) atoms. The summed E-state index contributed by atoms with van der Waals surface area (Å²) in [6.07, 6.45) is 0.684. The number of hydrogen-bond acceptors (Lipinski definition) is 8. The van der Waals surface area contributed by atoms with Gasteiger partial charge in [-0.05, 0) is 44.5 Å². The first kappa shape index (κ1) is 22.7. The third kappa shape index (κ3) is 6.50. The lowest BCUT2D eigenvalue weighted by atomic mass is 10.1. The highest BCUT2D eigenvalue weighted by molar-refractivity contribution is 7.17. The van der Waals surface area contributed by atoms with Crippen molar-refractivity contribution in [2.75, 3.05) is 37.8 Å². The molecular formula is C21H26N4O5S. The number of ketones is 1. The van der Waals surface area contributed by atoms with E-state index in [2.05, 4.69) is 20.7 Å². The predicted octanol–water partition coefficient (Wildman–Crippen LogP) is 2.11. The lowest BCUT2D eigenvalue weighted by Gasteiger charge is -2.25. The number of Topliss-reactive ketones (excluding diaryl/α,β-unsaturated/α-hetero) is 1. The number of nitrogens with one attached hydrogen (secondary N) is 2. The molecule has 0 saturated carbocycles. The Kier molecular flexibility index (Phi) is 7.96. The standard InChI is InChI=1S/C21H26N4O5S/c1-14-19(31-21(22-14)25-9-12-29-13-10-25)20(28)24-23-18(27)4-3-11-30-17-7-5-16(6-8-17)15(2)26/h5-8H,3-4,9-13H2,1-2H3,(H,23,27)(H,24,28). The van der Waals surface area contributed by atoms with Crippen LogP contribution in [0.25, 0.3) is 0 Å². The van der Waals surface area contributed by atoms with Crippen molar-refractivity contribution in [2.24, 2.45) is 0 Å². The molecular weight excluding hydrogens is 420 g/mol. The van der Waals surface area contributed by atoms with Gasteiger partial charge in [-0.1, -0.05) is 11.3 Å². The lowest BCUT2D eigenvalue weighted by molar-refractivity contribution is -0.122. The molecule has 2 amide bonds. The zero-order chi connectivity index (χ0) is 22.2. The second-order valence-electron chi connectivity index (χ2n) is 7.05. The van der Waals surface area contributed by atoms with Gasteiger partial charge in [0.15, 0.2) is 10.9 Å². The van der Waals surface area contributed by atoms with E-state index < -0.39 is 0 Å². The van der Waals surface area contributed by atoms with Crippen LogP contribution >= 0.6 is 11.3 Å². The van der Waals surface area contributed by atoms with Gasteiger partial charge in [-0.2, -0.15) is 0 Å². The third-order valence-electron chi connectivity index (χ3n) is 4.67. The zero-order valence-corrected chi connectivity index (χ0v) is 18.4. The molecule has 1 aromatic heterocycles. The minimum Gasteiger partial charge on any atom is -0.494 e. The van der Waals surface area contributed by atoms with Crippen LogP contribution in [-0.2, 0) is 9.53 Å². The van der Waals surface area contributed by atoms with Crippen molar-refractivity contribution in [1.29, 1.82) is 0 Å². The van der Waals surface area contributed by atoms with Crippen LogP contribution in [0.4, 0.5) is 5.13 Å². The van der Waals surface area contributed by atoms with Crippen molar-refractivity contribution < 1.29 is 23.9 Å². The Balaban J connectivity index is 1.38. The summed E-state index contributed by atoms with van der Waals surface area (Å²) in [6, 6.07) is 6.84. The van der Waals surface area contributed by atoms with Crippen molar-refractivity contribution in [3.05, 3.63) is 40.4 Å². The van der Waals surface area contributed by atoms with E-state index in [9.17, 15) is 14.4 Å². The van der Waals surface area contributed by atoms with Gasteiger partial charge < -0.3 is 14.4 Å². The van der Waals surface area contributed by atoms with Crippen molar-refractivity contribution in [2.45, 2.75) is 26.7 Å². The number of morpholine rings is 1. The molecule has 2 heterocycles. The van der Waals surface area contributed by atoms with Crippen molar-refractivity contribution >= 4 is 34.1 Å². The molecule has 1 saturated heterocycles. The molecule has 1 aliphatic rings. The monoisotopic (exact) mass is 446 g/mol. The van der Waals surface area contributed by atoms with Crippen molar-refractivity contribution in [3.63, 3.8) is 0 Å². The van der Waals surface area contributed by atoms with Crippen LogP contribution in [0, 0.1) is 6.92 Å². The van der Waals surface area contributed by atoms with E-state index >= 15 is 0 Å². The van der Waals surface area contributed by atoms with E-state index in [1.165, 1.54) is 18.3 Å². The Bertz CT molecular complexity index is 922. The van der Waals surface area contributed by atoms with E-state index in [0.29, 0.717) is 48.1 Å². The summed E-state index contributed by atoms with van der Waals surface area (Å²) in [5, 5.41) is 0.783. The molecule has 0 spiro atoms. The number of rotatable bonds is 8. The first-order chi connectivity index (χ1) is 14.9. The van der Waals surface area contributed by atoms with Gasteiger partial charge in [0.1, 0.15) is 10.6 Å². The number of aromatic nitrogens is 1. The van der Waals surface area contributed by atoms with Crippen LogP contribution in [0.15, 0.2) is 24.3 Å². The Hall–Kier alpha value is -2.98. The summed E-state index contributed by atoms with van der Waals surface area (Å²) in [5.41, 5.74) is 6.12. The van der Waals surface area contributed by atoms with Gasteiger partial charge in [-0.25, -0.2) is 4.98 Å². The highest BCUT2D eigenvalue weighted by Gasteiger charge is 2.20. The van der Waals surface area contributed by atoms with Crippen molar-refractivity contribution in [3.8, 4) is 5.75 Å². The van der Waals surface area contributed by atoms with E-state index in [1.54, 1.807) is 31.2 Å². The number of hydrazine groups is 1. The number of anilines is 1. The van der Waals surface area contributed by atoms with Gasteiger partial charge in [0.05, 0.1) is 25.5 Å². The molecule has 9 nitrogen and oxygen atoms in total. The largest absolute Gasteiger partial charge is 0.494 e. The van der Waals surface area contributed by atoms with Gasteiger partial charge >= 0.3 is 0 Å². The normalized spacial score (nSPS) is 13.5. The first-order valence-corrected chi connectivity index (χ1v) is 10.9. The molecule has 0 unspecified atom stereocenters. The molecule has 0 aliphatic carbocycles. The fourth-order valence-electron chi connectivity index (χ4n) is 2.94. The number of carbonyl (C=O) groups is 3. The van der Waals surface area contributed by atoms with E-state index in [4.69, 9.17) is 9.47 Å². The molecule has 3 rings (SSSR count). The Morgan fingerprint density at radius 3 is 2.55 bits per heavy atom. The third-order valence-corrected chi connectivity index (χ3v) is 5.88. The smallest absolute Gasteiger partial charge is 0.281 e. The molecule has 1 fully saturated rings. The van der Waals surface area contributed by atoms with Crippen LogP contribution in [0.2, 0.25) is 0 Å². The minimum absolute atomic E-state index is 0.00360. The average molecular weight is 447 g/mol. The van der Waals surface area contributed by atoms with E-state index in [1.807, 2.05) is 0 Å². The lowest BCUT2D eigenvalue weighted by Crippen LogP contribution is -2.41. The van der Waals surface area contributed by atoms with Crippen LogP contribution in [-0.4, -0.2) is 55.5 Å². The van der Waals surface area contributed by atoms with Crippen LogP contribution < -0.4 is 20.5 Å². The number of ether oxygens (including phenoxy) is 2. The summed E-state index contributed by atoms with van der Waals surface area (Å²) < 4.78 is 10.9. The minimum atomic E-state index is -0.385. The molecule has 2 N–H and O–H groups in total. The maximum atomic E-state index is 12.4. The number of hydrogen-bond donors (Lipinski definition) is 2. The van der Waals surface area contributed by atoms with E-state index in [-0.39, 0.29) is 24.0 Å². The maximum absolute atomic E-state index is 12.4. The fraction of sp³-hybridized carbons (Fsp3) is 0.429. The number of carbonyl (C=O) groups excluding carboxylic acids is 3. The van der Waals surface area contributed by atoms with Gasteiger partial charge in [0, 0.05) is 25.1 Å². The predicted molar refractivity (Wildman–Crippen MR) is 117 cm³/mol. The number of amides is 2. The molecule has 0 atom stereocenters. The Morgan fingerprint density at radius 1 is 1.16 bits per heavy atom. The quantitative estimate of drug-likeness (QED) is 0.363.